The molecule has 0 spiro atoms. The first-order chi connectivity index (χ1) is 11.9. The highest BCUT2D eigenvalue weighted by molar-refractivity contribution is 5.92. The lowest BCUT2D eigenvalue weighted by molar-refractivity contribution is -0.142. The second-order valence-electron chi connectivity index (χ2n) is 6.78. The van der Waals surface area contributed by atoms with Crippen molar-refractivity contribution in [1.29, 1.82) is 0 Å². The number of carboxylic acid groups (broad SMARTS) is 1. The normalized spacial score (nSPS) is 20.2. The zero-order chi connectivity index (χ0) is 18.0. The summed E-state index contributed by atoms with van der Waals surface area (Å²) in [5, 5.41) is 16.5. The van der Waals surface area contributed by atoms with Crippen LogP contribution in [0.2, 0.25) is 0 Å². The highest BCUT2D eigenvalue weighted by atomic mass is 16.4. The number of amides is 1. The number of hydrogen-bond acceptors (Lipinski definition) is 3. The second kappa shape index (κ2) is 7.09. The third-order valence-corrected chi connectivity index (χ3v) is 4.81. The molecule has 0 saturated heterocycles. The Hall–Kier alpha value is -2.63. The smallest absolute Gasteiger partial charge is 0.306 e. The zero-order valence-corrected chi connectivity index (χ0v) is 14.5. The van der Waals surface area contributed by atoms with E-state index in [-0.39, 0.29) is 17.9 Å². The van der Waals surface area contributed by atoms with Gasteiger partial charge in [0.1, 0.15) is 0 Å². The van der Waals surface area contributed by atoms with Gasteiger partial charge in [0.05, 0.1) is 11.6 Å². The molecule has 3 rings (SSSR count). The number of rotatable bonds is 4. The topological polar surface area (TPSA) is 84.2 Å². The third-order valence-electron chi connectivity index (χ3n) is 4.81. The molecule has 132 valence electrons. The van der Waals surface area contributed by atoms with Gasteiger partial charge in [-0.2, -0.15) is 5.10 Å². The van der Waals surface area contributed by atoms with Gasteiger partial charge in [-0.15, -0.1) is 0 Å². The summed E-state index contributed by atoms with van der Waals surface area (Å²) >= 11 is 0. The van der Waals surface area contributed by atoms with Gasteiger partial charge in [0.25, 0.3) is 5.91 Å². The van der Waals surface area contributed by atoms with Crippen LogP contribution in [0.4, 0.5) is 0 Å². The van der Waals surface area contributed by atoms with Crippen molar-refractivity contribution < 1.29 is 14.7 Å². The van der Waals surface area contributed by atoms with E-state index in [1.807, 2.05) is 38.1 Å². The largest absolute Gasteiger partial charge is 0.481 e. The lowest BCUT2D eigenvalue weighted by Crippen LogP contribution is -2.38. The SMILES string of the molecule is Cc1ccc(-n2nc(C(=O)NC3CCC(C(=O)O)CC3)cc2C)cc1. The first-order valence-corrected chi connectivity index (χ1v) is 8.61. The molecule has 1 saturated carbocycles. The van der Waals surface area contributed by atoms with E-state index in [9.17, 15) is 9.59 Å². The summed E-state index contributed by atoms with van der Waals surface area (Å²) in [6.07, 6.45) is 2.61. The average Bonchev–Trinajstić information content (AvgIpc) is 2.98. The molecular weight excluding hydrogens is 318 g/mol. The summed E-state index contributed by atoms with van der Waals surface area (Å²) in [5.41, 5.74) is 3.37. The van der Waals surface area contributed by atoms with E-state index >= 15 is 0 Å². The van der Waals surface area contributed by atoms with E-state index < -0.39 is 5.97 Å². The van der Waals surface area contributed by atoms with Crippen molar-refractivity contribution in [2.24, 2.45) is 5.92 Å². The number of aromatic nitrogens is 2. The quantitative estimate of drug-likeness (QED) is 0.895. The molecule has 1 aromatic carbocycles. The molecular formula is C19H23N3O3. The molecule has 0 bridgehead atoms. The molecule has 2 aromatic rings. The van der Waals surface area contributed by atoms with Crippen LogP contribution in [0.1, 0.15) is 47.4 Å². The minimum absolute atomic E-state index is 0.0212. The van der Waals surface area contributed by atoms with E-state index in [2.05, 4.69) is 10.4 Å². The predicted octanol–water partition coefficient (Wildman–Crippen LogP) is 2.86. The molecule has 1 heterocycles. The average molecular weight is 341 g/mol. The summed E-state index contributed by atoms with van der Waals surface area (Å²) < 4.78 is 1.76. The fraction of sp³-hybridized carbons (Fsp3) is 0.421. The molecule has 0 radical (unpaired) electrons. The number of nitrogens with zero attached hydrogens (tertiary/aromatic N) is 2. The van der Waals surface area contributed by atoms with Gasteiger partial charge in [-0.25, -0.2) is 4.68 Å². The Morgan fingerprint density at radius 2 is 1.76 bits per heavy atom. The van der Waals surface area contributed by atoms with Crippen molar-refractivity contribution in [2.45, 2.75) is 45.6 Å². The number of aryl methyl sites for hydroxylation is 2. The molecule has 0 aliphatic heterocycles. The van der Waals surface area contributed by atoms with Crippen LogP contribution in [0.25, 0.3) is 5.69 Å². The summed E-state index contributed by atoms with van der Waals surface area (Å²) in [4.78, 5) is 23.5. The first kappa shape index (κ1) is 17.2. The standard InChI is InChI=1S/C19H23N3O3/c1-12-3-9-16(10-4-12)22-13(2)11-17(21-22)18(23)20-15-7-5-14(6-8-15)19(24)25/h3-4,9-11,14-15H,5-8H2,1-2H3,(H,20,23)(H,24,25). The Kier molecular flexibility index (Phi) is 4.88. The summed E-state index contributed by atoms with van der Waals surface area (Å²) in [6.45, 7) is 3.94. The molecule has 6 heteroatoms. The first-order valence-electron chi connectivity index (χ1n) is 8.61. The Morgan fingerprint density at radius 1 is 1.12 bits per heavy atom. The van der Waals surface area contributed by atoms with Crippen LogP contribution in [-0.4, -0.2) is 32.8 Å². The number of carboxylic acids is 1. The van der Waals surface area contributed by atoms with Gasteiger partial charge in [-0.3, -0.25) is 9.59 Å². The minimum Gasteiger partial charge on any atom is -0.481 e. The summed E-state index contributed by atoms with van der Waals surface area (Å²) in [7, 11) is 0. The highest BCUT2D eigenvalue weighted by Crippen LogP contribution is 2.24. The van der Waals surface area contributed by atoms with Crippen LogP contribution < -0.4 is 5.32 Å². The van der Waals surface area contributed by atoms with Crippen molar-refractivity contribution in [3.05, 3.63) is 47.3 Å². The monoisotopic (exact) mass is 341 g/mol. The number of benzene rings is 1. The van der Waals surface area contributed by atoms with Crippen molar-refractivity contribution in [3.8, 4) is 5.69 Å². The molecule has 1 amide bonds. The van der Waals surface area contributed by atoms with E-state index in [1.165, 1.54) is 5.56 Å². The molecule has 1 aliphatic rings. The number of carbonyl (C=O) groups excluding carboxylic acids is 1. The second-order valence-corrected chi connectivity index (χ2v) is 6.78. The maximum Gasteiger partial charge on any atom is 0.306 e. The van der Waals surface area contributed by atoms with Crippen LogP contribution in [0.15, 0.2) is 30.3 Å². The number of aliphatic carboxylic acids is 1. The Morgan fingerprint density at radius 3 is 2.36 bits per heavy atom. The highest BCUT2D eigenvalue weighted by Gasteiger charge is 2.27. The van der Waals surface area contributed by atoms with E-state index in [0.717, 1.165) is 11.4 Å². The number of carbonyl (C=O) groups is 2. The molecule has 25 heavy (non-hydrogen) atoms. The van der Waals surface area contributed by atoms with Crippen LogP contribution in [-0.2, 0) is 4.79 Å². The van der Waals surface area contributed by atoms with E-state index in [4.69, 9.17) is 5.11 Å². The maximum absolute atomic E-state index is 12.5. The van der Waals surface area contributed by atoms with Crippen molar-refractivity contribution in [2.75, 3.05) is 0 Å². The van der Waals surface area contributed by atoms with E-state index in [1.54, 1.807) is 10.7 Å². The van der Waals surface area contributed by atoms with Gasteiger partial charge in [0.2, 0.25) is 0 Å². The van der Waals surface area contributed by atoms with Gasteiger partial charge in [-0.05, 0) is 57.7 Å². The predicted molar refractivity (Wildman–Crippen MR) is 93.9 cm³/mol. The van der Waals surface area contributed by atoms with Crippen molar-refractivity contribution in [1.82, 2.24) is 15.1 Å². The molecule has 1 fully saturated rings. The fourth-order valence-corrected chi connectivity index (χ4v) is 3.28. The van der Waals surface area contributed by atoms with Gasteiger partial charge in [-0.1, -0.05) is 17.7 Å². The molecule has 6 nitrogen and oxygen atoms in total. The van der Waals surface area contributed by atoms with Crippen LogP contribution in [0, 0.1) is 19.8 Å². The zero-order valence-electron chi connectivity index (χ0n) is 14.5. The van der Waals surface area contributed by atoms with Crippen LogP contribution in [0.5, 0.6) is 0 Å². The Labute approximate surface area is 146 Å². The van der Waals surface area contributed by atoms with Gasteiger partial charge < -0.3 is 10.4 Å². The molecule has 0 unspecified atom stereocenters. The van der Waals surface area contributed by atoms with Gasteiger partial charge in [0, 0.05) is 11.7 Å². The summed E-state index contributed by atoms with van der Waals surface area (Å²) in [6, 6.07) is 9.77. The maximum atomic E-state index is 12.5. The summed E-state index contributed by atoms with van der Waals surface area (Å²) in [5.74, 6) is -1.22. The molecule has 1 aliphatic carbocycles. The minimum atomic E-state index is -0.739. The lowest BCUT2D eigenvalue weighted by atomic mass is 9.86. The number of nitrogens with one attached hydrogen (secondary N) is 1. The van der Waals surface area contributed by atoms with Crippen molar-refractivity contribution in [3.63, 3.8) is 0 Å². The molecule has 0 atom stereocenters. The Bertz CT molecular complexity index is 772. The van der Waals surface area contributed by atoms with Crippen molar-refractivity contribution >= 4 is 11.9 Å². The van der Waals surface area contributed by atoms with Crippen LogP contribution in [0.3, 0.4) is 0 Å². The fourth-order valence-electron chi connectivity index (χ4n) is 3.28. The molecule has 1 aromatic heterocycles. The Balaban J connectivity index is 1.66. The lowest BCUT2D eigenvalue weighted by Gasteiger charge is -2.26. The third kappa shape index (κ3) is 3.90. The number of hydrogen-bond donors (Lipinski definition) is 2. The van der Waals surface area contributed by atoms with E-state index in [0.29, 0.717) is 31.4 Å². The van der Waals surface area contributed by atoms with Crippen LogP contribution >= 0.6 is 0 Å². The van der Waals surface area contributed by atoms with Gasteiger partial charge in [0.15, 0.2) is 5.69 Å². The van der Waals surface area contributed by atoms with Gasteiger partial charge >= 0.3 is 5.97 Å². The molecule has 2 N–H and O–H groups in total.